The number of amides is 1. The molecule has 8 nitrogen and oxygen atoms in total. The van der Waals surface area contributed by atoms with E-state index >= 15 is 0 Å². The van der Waals surface area contributed by atoms with Gasteiger partial charge in [0.1, 0.15) is 11.5 Å². The van der Waals surface area contributed by atoms with E-state index < -0.39 is 18.0 Å². The van der Waals surface area contributed by atoms with Gasteiger partial charge in [-0.1, -0.05) is 32.0 Å². The predicted molar refractivity (Wildman–Crippen MR) is 134 cm³/mol. The first-order chi connectivity index (χ1) is 17.0. The van der Waals surface area contributed by atoms with Crippen LogP contribution in [0.1, 0.15) is 41.9 Å². The molecule has 35 heavy (non-hydrogen) atoms. The Morgan fingerprint density at radius 1 is 1.11 bits per heavy atom. The van der Waals surface area contributed by atoms with Gasteiger partial charge in [-0.2, -0.15) is 0 Å². The monoisotopic (exact) mass is 477 g/mol. The fourth-order valence-electron chi connectivity index (χ4n) is 4.38. The number of esters is 1. The van der Waals surface area contributed by atoms with Crippen molar-refractivity contribution >= 4 is 28.5 Å². The molecule has 2 aromatic carbocycles. The van der Waals surface area contributed by atoms with Crippen LogP contribution in [0, 0.1) is 0 Å². The van der Waals surface area contributed by atoms with Crippen molar-refractivity contribution in [3.05, 3.63) is 59.3 Å². The Labute approximate surface area is 205 Å². The molecule has 0 radical (unpaired) electrons. The van der Waals surface area contributed by atoms with Crippen LogP contribution in [-0.2, 0) is 22.5 Å². The van der Waals surface area contributed by atoms with Crippen LogP contribution in [0.25, 0.3) is 10.9 Å². The highest BCUT2D eigenvalue weighted by atomic mass is 16.5. The molecule has 0 aliphatic carbocycles. The molecule has 184 valence electrons. The number of carbonyl (C=O) groups excluding carboxylic acids is 2. The number of nitrogens with zero attached hydrogens (tertiary/aromatic N) is 2. The van der Waals surface area contributed by atoms with E-state index in [4.69, 9.17) is 19.2 Å². The van der Waals surface area contributed by atoms with E-state index in [-0.39, 0.29) is 0 Å². The van der Waals surface area contributed by atoms with Gasteiger partial charge in [0.15, 0.2) is 6.10 Å². The Balaban J connectivity index is 1.64. The van der Waals surface area contributed by atoms with Gasteiger partial charge < -0.3 is 19.5 Å². The molecule has 3 aromatic rings. The van der Waals surface area contributed by atoms with E-state index in [1.807, 2.05) is 24.3 Å². The lowest BCUT2D eigenvalue weighted by molar-refractivity contribution is -0.124. The Morgan fingerprint density at radius 2 is 1.91 bits per heavy atom. The first-order valence-corrected chi connectivity index (χ1v) is 11.9. The summed E-state index contributed by atoms with van der Waals surface area (Å²) >= 11 is 0. The number of aromatic nitrogens is 1. The first kappa shape index (κ1) is 24.5. The molecule has 2 heterocycles. The average Bonchev–Trinajstić information content (AvgIpc) is 2.89. The number of benzene rings is 2. The van der Waals surface area contributed by atoms with Crippen LogP contribution in [0.3, 0.4) is 0 Å². The smallest absolute Gasteiger partial charge is 0.340 e. The van der Waals surface area contributed by atoms with Crippen molar-refractivity contribution in [2.24, 2.45) is 0 Å². The number of hydrogen-bond donors (Lipinski definition) is 1. The van der Waals surface area contributed by atoms with E-state index in [0.29, 0.717) is 35.7 Å². The largest absolute Gasteiger partial charge is 0.497 e. The number of ether oxygens (including phenoxy) is 3. The molecular formula is C27H31N3O5. The molecule has 1 unspecified atom stereocenters. The quantitative estimate of drug-likeness (QED) is 0.486. The summed E-state index contributed by atoms with van der Waals surface area (Å²) in [6, 6.07) is 12.7. The lowest BCUT2D eigenvalue weighted by Gasteiger charge is -2.29. The summed E-state index contributed by atoms with van der Waals surface area (Å²) in [4.78, 5) is 33.8. The van der Waals surface area contributed by atoms with Gasteiger partial charge >= 0.3 is 5.97 Å². The van der Waals surface area contributed by atoms with Gasteiger partial charge in [-0.05, 0) is 31.2 Å². The van der Waals surface area contributed by atoms with Crippen LogP contribution in [0.2, 0.25) is 0 Å². The second-order valence-corrected chi connectivity index (χ2v) is 8.41. The van der Waals surface area contributed by atoms with Gasteiger partial charge in [-0.15, -0.1) is 0 Å². The van der Waals surface area contributed by atoms with Crippen molar-refractivity contribution < 1.29 is 23.8 Å². The number of nitrogens with one attached hydrogen (secondary N) is 1. The highest BCUT2D eigenvalue weighted by molar-refractivity contribution is 6.06. The van der Waals surface area contributed by atoms with E-state index in [9.17, 15) is 9.59 Å². The molecule has 0 saturated heterocycles. The van der Waals surface area contributed by atoms with Crippen molar-refractivity contribution in [3.8, 4) is 11.5 Å². The van der Waals surface area contributed by atoms with Crippen LogP contribution in [0.5, 0.6) is 11.5 Å². The van der Waals surface area contributed by atoms with Crippen molar-refractivity contribution in [3.63, 3.8) is 0 Å². The molecule has 0 fully saturated rings. The topological polar surface area (TPSA) is 90.0 Å². The summed E-state index contributed by atoms with van der Waals surface area (Å²) in [7, 11) is 3.06. The second-order valence-electron chi connectivity index (χ2n) is 8.41. The molecule has 1 N–H and O–H groups in total. The Kier molecular flexibility index (Phi) is 7.51. The minimum absolute atomic E-state index is 0.316. The number of anilines is 1. The first-order valence-electron chi connectivity index (χ1n) is 11.9. The fourth-order valence-corrected chi connectivity index (χ4v) is 4.38. The number of rotatable bonds is 8. The third kappa shape index (κ3) is 5.07. The highest BCUT2D eigenvalue weighted by Crippen LogP contribution is 2.31. The zero-order chi connectivity index (χ0) is 24.9. The molecule has 1 aliphatic rings. The fraction of sp³-hybridized carbons (Fsp3) is 0.370. The summed E-state index contributed by atoms with van der Waals surface area (Å²) in [5, 5.41) is 3.55. The molecule has 0 saturated carbocycles. The van der Waals surface area contributed by atoms with E-state index in [2.05, 4.69) is 17.1 Å². The van der Waals surface area contributed by atoms with Crippen LogP contribution < -0.4 is 14.8 Å². The number of methoxy groups -OCH3 is 2. The molecule has 1 aliphatic heterocycles. The Bertz CT molecular complexity index is 1240. The lowest BCUT2D eigenvalue weighted by atomic mass is 9.95. The van der Waals surface area contributed by atoms with Crippen LogP contribution in [0.4, 0.5) is 5.69 Å². The molecule has 8 heteroatoms. The average molecular weight is 478 g/mol. The Morgan fingerprint density at radius 3 is 2.63 bits per heavy atom. The third-order valence-corrected chi connectivity index (χ3v) is 6.35. The van der Waals surface area contributed by atoms with Crippen molar-refractivity contribution in [2.45, 2.75) is 39.3 Å². The number of likely N-dealkylation sites (N-methyl/N-ethyl adjacent to an activating group) is 1. The molecule has 0 bridgehead atoms. The number of fused-ring (bicyclic) bond motifs is 2. The molecule has 1 aromatic heterocycles. The van der Waals surface area contributed by atoms with E-state index in [1.54, 1.807) is 32.2 Å². The number of hydrogen-bond acceptors (Lipinski definition) is 7. The molecule has 0 spiro atoms. The predicted octanol–water partition coefficient (Wildman–Crippen LogP) is 4.20. The normalized spacial score (nSPS) is 14.2. The van der Waals surface area contributed by atoms with E-state index in [0.717, 1.165) is 41.7 Å². The molecule has 1 atom stereocenters. The standard InChI is InChI=1S/C27H31N3O5/c1-5-23(26(31)29-22-15-17(33-3)11-12-24(22)34-4)35-27(32)25-18-9-7-8-10-20(18)28-21-13-14-30(6-2)16-19(21)25/h7-12,15,23H,5-6,13-14,16H2,1-4H3,(H,29,31). The maximum absolute atomic E-state index is 13.6. The number of carbonyl (C=O) groups is 2. The summed E-state index contributed by atoms with van der Waals surface area (Å²) in [6.07, 6.45) is 0.101. The van der Waals surface area contributed by atoms with Gasteiger partial charge in [0.05, 0.1) is 31.0 Å². The summed E-state index contributed by atoms with van der Waals surface area (Å²) in [6.45, 7) is 6.30. The van der Waals surface area contributed by atoms with Gasteiger partial charge in [0.2, 0.25) is 0 Å². The molecular weight excluding hydrogens is 446 g/mol. The SMILES string of the molecule is CCC(OC(=O)c1c2c(nc3ccccc13)CCN(CC)C2)C(=O)Nc1cc(OC)ccc1OC. The van der Waals surface area contributed by atoms with Gasteiger partial charge in [-0.25, -0.2) is 4.79 Å². The van der Waals surface area contributed by atoms with Crippen molar-refractivity contribution in [1.82, 2.24) is 9.88 Å². The Hall–Kier alpha value is -3.65. The van der Waals surface area contributed by atoms with Gasteiger partial charge in [0, 0.05) is 42.2 Å². The van der Waals surface area contributed by atoms with Gasteiger partial charge in [0.25, 0.3) is 5.91 Å². The molecule has 1 amide bonds. The summed E-state index contributed by atoms with van der Waals surface area (Å²) in [5.41, 5.74) is 3.48. The zero-order valence-electron chi connectivity index (χ0n) is 20.6. The van der Waals surface area contributed by atoms with Crippen LogP contribution in [0.15, 0.2) is 42.5 Å². The minimum atomic E-state index is -0.980. The maximum atomic E-state index is 13.6. The van der Waals surface area contributed by atoms with Crippen molar-refractivity contribution in [2.75, 3.05) is 32.6 Å². The zero-order valence-corrected chi connectivity index (χ0v) is 20.6. The lowest BCUT2D eigenvalue weighted by Crippen LogP contribution is -2.35. The second kappa shape index (κ2) is 10.7. The number of para-hydroxylation sites is 1. The van der Waals surface area contributed by atoms with Gasteiger partial charge in [-0.3, -0.25) is 14.7 Å². The maximum Gasteiger partial charge on any atom is 0.340 e. The number of pyridine rings is 1. The van der Waals surface area contributed by atoms with Crippen LogP contribution in [-0.4, -0.2) is 55.2 Å². The minimum Gasteiger partial charge on any atom is -0.497 e. The molecule has 4 rings (SSSR count). The summed E-state index contributed by atoms with van der Waals surface area (Å²) < 4.78 is 16.4. The van der Waals surface area contributed by atoms with E-state index in [1.165, 1.54) is 7.11 Å². The summed E-state index contributed by atoms with van der Waals surface area (Å²) in [5.74, 6) is 0.0999. The highest BCUT2D eigenvalue weighted by Gasteiger charge is 2.29. The van der Waals surface area contributed by atoms with Crippen LogP contribution >= 0.6 is 0 Å². The third-order valence-electron chi connectivity index (χ3n) is 6.35. The van der Waals surface area contributed by atoms with Crippen molar-refractivity contribution in [1.29, 1.82) is 0 Å².